The van der Waals surface area contributed by atoms with Gasteiger partial charge in [-0.15, -0.1) is 0 Å². The number of piperazine rings is 1. The van der Waals surface area contributed by atoms with E-state index in [1.54, 1.807) is 25.4 Å². The lowest BCUT2D eigenvalue weighted by Gasteiger charge is -2.40. The van der Waals surface area contributed by atoms with Gasteiger partial charge in [0.05, 0.1) is 31.6 Å². The highest BCUT2D eigenvalue weighted by molar-refractivity contribution is 7.89. The maximum Gasteiger partial charge on any atom is 0.213 e. The molecule has 2 aromatic rings. The molecule has 9 heteroatoms. The highest BCUT2D eigenvalue weighted by Gasteiger charge is 2.42. The summed E-state index contributed by atoms with van der Waals surface area (Å²) in [6.45, 7) is 3.80. The van der Waals surface area contributed by atoms with E-state index in [-0.39, 0.29) is 23.9 Å². The van der Waals surface area contributed by atoms with Gasteiger partial charge in [-0.3, -0.25) is 4.90 Å². The predicted octanol–water partition coefficient (Wildman–Crippen LogP) is 3.97. The lowest BCUT2D eigenvalue weighted by atomic mass is 10.0. The van der Waals surface area contributed by atoms with E-state index in [2.05, 4.69) is 11.0 Å². The summed E-state index contributed by atoms with van der Waals surface area (Å²) in [5.41, 5.74) is 1.62. The van der Waals surface area contributed by atoms with E-state index < -0.39 is 10.0 Å². The van der Waals surface area contributed by atoms with Crippen LogP contribution in [-0.4, -0.2) is 69.3 Å². The van der Waals surface area contributed by atoms with Gasteiger partial charge in [0.1, 0.15) is 11.9 Å². The Bertz CT molecular complexity index is 1160. The first kappa shape index (κ1) is 26.3. The Balaban J connectivity index is 1.44. The summed E-state index contributed by atoms with van der Waals surface area (Å²) in [4.78, 5) is 2.49. The van der Waals surface area contributed by atoms with Gasteiger partial charge in [0.25, 0.3) is 0 Å². The Kier molecular flexibility index (Phi) is 8.39. The van der Waals surface area contributed by atoms with Crippen LogP contribution in [0.15, 0.2) is 42.5 Å². The molecule has 36 heavy (non-hydrogen) atoms. The number of hydrogen-bond acceptors (Lipinski definition) is 7. The molecular weight excluding hydrogens is 478 g/mol. The number of benzene rings is 2. The summed E-state index contributed by atoms with van der Waals surface area (Å²) in [5.74, 6) is 2.08. The minimum atomic E-state index is -3.15. The zero-order chi connectivity index (χ0) is 25.7. The second-order valence-electron chi connectivity index (χ2n) is 9.34. The topological polar surface area (TPSA) is 92.1 Å². The van der Waals surface area contributed by atoms with E-state index in [1.165, 1.54) is 0 Å². The first-order valence-electron chi connectivity index (χ1n) is 12.5. The molecule has 2 heterocycles. The minimum absolute atomic E-state index is 0.159. The fraction of sp³-hybridized carbons (Fsp3) is 0.519. The zero-order valence-corrected chi connectivity index (χ0v) is 22.0. The average molecular weight is 514 g/mol. The van der Waals surface area contributed by atoms with Crippen molar-refractivity contribution in [3.05, 3.63) is 53.6 Å². The van der Waals surface area contributed by atoms with Crippen molar-refractivity contribution in [2.45, 2.75) is 50.8 Å². The minimum Gasteiger partial charge on any atom is -0.493 e. The molecule has 0 N–H and O–H groups in total. The second-order valence-corrected chi connectivity index (χ2v) is 11.6. The second kappa shape index (κ2) is 11.5. The van der Waals surface area contributed by atoms with Gasteiger partial charge in [-0.2, -0.15) is 9.57 Å². The van der Waals surface area contributed by atoms with E-state index in [9.17, 15) is 13.7 Å². The monoisotopic (exact) mass is 513 g/mol. The molecule has 194 valence electrons. The molecule has 3 atom stereocenters. The van der Waals surface area contributed by atoms with Gasteiger partial charge in [0.15, 0.2) is 11.5 Å². The van der Waals surface area contributed by atoms with Gasteiger partial charge in [-0.1, -0.05) is 12.1 Å². The molecule has 0 spiro atoms. The SMILES string of the molecule is CCS(=O)(=O)N1CC2CCC(C1)N2CCCC(Oc1ccc(OC)c(OC)c1)c1ccc(C#N)cc1. The predicted molar refractivity (Wildman–Crippen MR) is 138 cm³/mol. The van der Waals surface area contributed by atoms with Gasteiger partial charge < -0.3 is 14.2 Å². The van der Waals surface area contributed by atoms with Gasteiger partial charge in [-0.25, -0.2) is 8.42 Å². The van der Waals surface area contributed by atoms with Gasteiger partial charge in [0, 0.05) is 31.2 Å². The Morgan fingerprint density at radius 1 is 1.03 bits per heavy atom. The molecule has 8 nitrogen and oxygen atoms in total. The summed E-state index contributed by atoms with van der Waals surface area (Å²) < 4.78 is 43.7. The molecule has 2 aromatic carbocycles. The number of sulfonamides is 1. The molecule has 0 saturated carbocycles. The van der Waals surface area contributed by atoms with Crippen LogP contribution in [0.25, 0.3) is 0 Å². The van der Waals surface area contributed by atoms with Crippen molar-refractivity contribution in [3.8, 4) is 23.3 Å². The lowest BCUT2D eigenvalue weighted by molar-refractivity contribution is 0.101. The summed E-state index contributed by atoms with van der Waals surface area (Å²) in [6.07, 6.45) is 3.58. The smallest absolute Gasteiger partial charge is 0.213 e. The van der Waals surface area contributed by atoms with E-state index in [1.807, 2.05) is 42.5 Å². The van der Waals surface area contributed by atoms with E-state index in [4.69, 9.17) is 14.2 Å². The van der Waals surface area contributed by atoms with Crippen molar-refractivity contribution in [1.82, 2.24) is 9.21 Å². The van der Waals surface area contributed by atoms with Crippen LogP contribution in [0, 0.1) is 11.3 Å². The van der Waals surface area contributed by atoms with Crippen molar-refractivity contribution in [1.29, 1.82) is 5.26 Å². The molecule has 2 bridgehead atoms. The van der Waals surface area contributed by atoms with Gasteiger partial charge in [0.2, 0.25) is 10.0 Å². The van der Waals surface area contributed by atoms with Crippen LogP contribution in [0.2, 0.25) is 0 Å². The van der Waals surface area contributed by atoms with Crippen LogP contribution in [0.5, 0.6) is 17.2 Å². The number of nitriles is 1. The Hall–Kier alpha value is -2.80. The Labute approximate surface area is 214 Å². The Morgan fingerprint density at radius 2 is 1.69 bits per heavy atom. The Morgan fingerprint density at radius 3 is 2.28 bits per heavy atom. The number of methoxy groups -OCH3 is 2. The maximum atomic E-state index is 12.4. The molecule has 0 radical (unpaired) electrons. The first-order valence-corrected chi connectivity index (χ1v) is 14.1. The normalized spacial score (nSPS) is 21.1. The van der Waals surface area contributed by atoms with E-state index in [0.717, 1.165) is 37.8 Å². The maximum absolute atomic E-state index is 12.4. The first-order chi connectivity index (χ1) is 17.4. The van der Waals surface area contributed by atoms with Crippen LogP contribution in [0.1, 0.15) is 49.8 Å². The number of nitrogens with zero attached hydrogens (tertiary/aromatic N) is 3. The molecular formula is C27H35N3O5S. The molecule has 4 rings (SSSR count). The lowest BCUT2D eigenvalue weighted by Crippen LogP contribution is -2.55. The third-order valence-electron chi connectivity index (χ3n) is 7.29. The molecule has 0 amide bonds. The fourth-order valence-electron chi connectivity index (χ4n) is 5.31. The number of fused-ring (bicyclic) bond motifs is 2. The van der Waals surface area contributed by atoms with Crippen molar-refractivity contribution in [2.24, 2.45) is 0 Å². The number of ether oxygens (including phenoxy) is 3. The molecule has 2 aliphatic heterocycles. The third-order valence-corrected chi connectivity index (χ3v) is 9.10. The molecule has 2 aliphatic rings. The van der Waals surface area contributed by atoms with Crippen LogP contribution in [0.3, 0.4) is 0 Å². The third kappa shape index (κ3) is 5.77. The van der Waals surface area contributed by atoms with Crippen LogP contribution in [0.4, 0.5) is 0 Å². The van der Waals surface area contributed by atoms with Crippen molar-refractivity contribution in [3.63, 3.8) is 0 Å². The standard InChI is InChI=1S/C27H35N3O5S/c1-4-36(31,32)29-18-22-11-12-23(19-29)30(22)15-5-6-25(21-9-7-20(17-28)8-10-21)35-24-13-14-26(33-2)27(16-24)34-3/h7-10,13-14,16,22-23,25H,4-6,11-12,15,18-19H2,1-3H3. The van der Waals surface area contributed by atoms with E-state index in [0.29, 0.717) is 35.9 Å². The summed E-state index contributed by atoms with van der Waals surface area (Å²) in [6, 6.07) is 15.8. The van der Waals surface area contributed by atoms with Crippen molar-refractivity contribution >= 4 is 10.0 Å². The largest absolute Gasteiger partial charge is 0.493 e. The zero-order valence-electron chi connectivity index (χ0n) is 21.2. The molecule has 0 aromatic heterocycles. The summed E-state index contributed by atoms with van der Waals surface area (Å²) >= 11 is 0. The summed E-state index contributed by atoms with van der Waals surface area (Å²) in [5, 5.41) is 9.18. The average Bonchev–Trinajstić information content (AvgIpc) is 3.13. The molecule has 3 unspecified atom stereocenters. The quantitative estimate of drug-likeness (QED) is 0.449. The molecule has 2 saturated heterocycles. The van der Waals surface area contributed by atoms with Crippen LogP contribution >= 0.6 is 0 Å². The van der Waals surface area contributed by atoms with Crippen LogP contribution in [-0.2, 0) is 10.0 Å². The van der Waals surface area contributed by atoms with Gasteiger partial charge >= 0.3 is 0 Å². The highest BCUT2D eigenvalue weighted by Crippen LogP contribution is 2.35. The fourth-order valence-corrected chi connectivity index (χ4v) is 6.47. The van der Waals surface area contributed by atoms with Crippen molar-refractivity contribution < 1.29 is 22.6 Å². The van der Waals surface area contributed by atoms with Gasteiger partial charge in [-0.05, 0) is 69.0 Å². The summed E-state index contributed by atoms with van der Waals surface area (Å²) in [7, 11) is 0.0494. The van der Waals surface area contributed by atoms with Crippen LogP contribution < -0.4 is 14.2 Å². The van der Waals surface area contributed by atoms with Crippen molar-refractivity contribution in [2.75, 3.05) is 39.6 Å². The number of rotatable bonds is 11. The highest BCUT2D eigenvalue weighted by atomic mass is 32.2. The van der Waals surface area contributed by atoms with E-state index >= 15 is 0 Å². The molecule has 2 fully saturated rings. The molecule has 0 aliphatic carbocycles. The number of hydrogen-bond donors (Lipinski definition) is 0.